The molecule has 0 aromatic heterocycles. The van der Waals surface area contributed by atoms with Crippen LogP contribution in [0.25, 0.3) is 0 Å². The summed E-state index contributed by atoms with van der Waals surface area (Å²) in [5.74, 6) is 0. The Labute approximate surface area is 168 Å². The highest BCUT2D eigenvalue weighted by Gasteiger charge is 2.38. The lowest BCUT2D eigenvalue weighted by Crippen LogP contribution is -2.38. The SMILES string of the molecule is Cl.c1ccc(NCCCC2(c3ccccc3)COCc3ccccc32)cc1. The van der Waals surface area contributed by atoms with Gasteiger partial charge in [-0.1, -0.05) is 72.8 Å². The fourth-order valence-electron chi connectivity index (χ4n) is 4.05. The van der Waals surface area contributed by atoms with E-state index in [0.717, 1.165) is 26.0 Å². The predicted octanol–water partition coefficient (Wildman–Crippen LogP) is 5.82. The van der Waals surface area contributed by atoms with E-state index in [2.05, 4.69) is 84.2 Å². The van der Waals surface area contributed by atoms with Gasteiger partial charge in [-0.3, -0.25) is 0 Å². The zero-order chi connectivity index (χ0) is 17.7. The van der Waals surface area contributed by atoms with Crippen molar-refractivity contribution in [3.63, 3.8) is 0 Å². The third-order valence-corrected chi connectivity index (χ3v) is 5.35. The lowest BCUT2D eigenvalue weighted by molar-refractivity contribution is 0.0616. The molecular formula is C24H26ClNO. The van der Waals surface area contributed by atoms with Crippen LogP contribution >= 0.6 is 12.4 Å². The van der Waals surface area contributed by atoms with E-state index < -0.39 is 0 Å². The normalized spacial score (nSPS) is 18.2. The first kappa shape index (κ1) is 19.5. The summed E-state index contributed by atoms with van der Waals surface area (Å²) in [7, 11) is 0. The molecule has 0 amide bonds. The molecule has 140 valence electrons. The highest BCUT2D eigenvalue weighted by molar-refractivity contribution is 5.85. The Bertz CT molecular complexity index is 837. The van der Waals surface area contributed by atoms with Crippen LogP contribution in [0.5, 0.6) is 0 Å². The van der Waals surface area contributed by atoms with Gasteiger partial charge in [-0.15, -0.1) is 12.4 Å². The Hall–Kier alpha value is -2.29. The Balaban J connectivity index is 0.00000210. The van der Waals surface area contributed by atoms with Gasteiger partial charge in [-0.2, -0.15) is 0 Å². The summed E-state index contributed by atoms with van der Waals surface area (Å²) in [6.07, 6.45) is 2.15. The maximum atomic E-state index is 6.06. The number of rotatable bonds is 6. The molecule has 1 N–H and O–H groups in total. The molecule has 1 aliphatic rings. The van der Waals surface area contributed by atoms with Gasteiger partial charge in [-0.05, 0) is 41.7 Å². The van der Waals surface area contributed by atoms with Crippen LogP contribution < -0.4 is 5.32 Å². The van der Waals surface area contributed by atoms with Gasteiger partial charge in [0.2, 0.25) is 0 Å². The molecular weight excluding hydrogens is 354 g/mol. The molecule has 0 aliphatic carbocycles. The second kappa shape index (κ2) is 9.07. The summed E-state index contributed by atoms with van der Waals surface area (Å²) in [4.78, 5) is 0. The molecule has 1 unspecified atom stereocenters. The number of nitrogens with one attached hydrogen (secondary N) is 1. The van der Waals surface area contributed by atoms with Crippen LogP contribution in [0.15, 0.2) is 84.9 Å². The lowest BCUT2D eigenvalue weighted by atomic mass is 9.69. The molecule has 0 fully saturated rings. The van der Waals surface area contributed by atoms with Crippen LogP contribution in [-0.4, -0.2) is 13.2 Å². The Morgan fingerprint density at radius 3 is 2.26 bits per heavy atom. The van der Waals surface area contributed by atoms with Crippen molar-refractivity contribution in [2.24, 2.45) is 0 Å². The Morgan fingerprint density at radius 1 is 0.815 bits per heavy atom. The summed E-state index contributed by atoms with van der Waals surface area (Å²) < 4.78 is 6.06. The van der Waals surface area contributed by atoms with E-state index in [-0.39, 0.29) is 17.8 Å². The summed E-state index contributed by atoms with van der Waals surface area (Å²) in [6.45, 7) is 2.42. The number of hydrogen-bond acceptors (Lipinski definition) is 2. The van der Waals surface area contributed by atoms with Gasteiger partial charge in [-0.25, -0.2) is 0 Å². The van der Waals surface area contributed by atoms with Crippen LogP contribution in [0.1, 0.15) is 29.5 Å². The molecule has 0 radical (unpaired) electrons. The van der Waals surface area contributed by atoms with Gasteiger partial charge < -0.3 is 10.1 Å². The monoisotopic (exact) mass is 379 g/mol. The van der Waals surface area contributed by atoms with Crippen molar-refractivity contribution in [1.82, 2.24) is 0 Å². The van der Waals surface area contributed by atoms with Crippen molar-refractivity contribution in [3.8, 4) is 0 Å². The van der Waals surface area contributed by atoms with Crippen LogP contribution in [0.2, 0.25) is 0 Å². The molecule has 3 heteroatoms. The smallest absolute Gasteiger partial charge is 0.0720 e. The zero-order valence-corrected chi connectivity index (χ0v) is 16.3. The number of hydrogen-bond donors (Lipinski definition) is 1. The molecule has 0 saturated heterocycles. The van der Waals surface area contributed by atoms with E-state index in [0.29, 0.717) is 6.61 Å². The van der Waals surface area contributed by atoms with E-state index >= 15 is 0 Å². The number of halogens is 1. The minimum Gasteiger partial charge on any atom is -0.385 e. The van der Waals surface area contributed by atoms with Crippen LogP contribution in [-0.2, 0) is 16.8 Å². The molecule has 1 atom stereocenters. The second-order valence-electron chi connectivity index (χ2n) is 6.99. The van der Waals surface area contributed by atoms with E-state index in [1.165, 1.54) is 22.4 Å². The minimum absolute atomic E-state index is 0. The maximum absolute atomic E-state index is 6.06. The molecule has 4 rings (SSSR count). The van der Waals surface area contributed by atoms with E-state index in [4.69, 9.17) is 4.74 Å². The maximum Gasteiger partial charge on any atom is 0.0720 e. The molecule has 0 bridgehead atoms. The average molecular weight is 380 g/mol. The van der Waals surface area contributed by atoms with Crippen molar-refractivity contribution >= 4 is 18.1 Å². The van der Waals surface area contributed by atoms with Gasteiger partial charge >= 0.3 is 0 Å². The summed E-state index contributed by atoms with van der Waals surface area (Å²) in [6, 6.07) is 30.0. The average Bonchev–Trinajstić information content (AvgIpc) is 2.73. The van der Waals surface area contributed by atoms with Crippen molar-refractivity contribution < 1.29 is 4.74 Å². The molecule has 27 heavy (non-hydrogen) atoms. The fraction of sp³-hybridized carbons (Fsp3) is 0.250. The second-order valence-corrected chi connectivity index (χ2v) is 6.99. The summed E-state index contributed by atoms with van der Waals surface area (Å²) in [5.41, 5.74) is 5.22. The Morgan fingerprint density at radius 2 is 1.48 bits per heavy atom. The first-order chi connectivity index (χ1) is 12.9. The van der Waals surface area contributed by atoms with Crippen molar-refractivity contribution in [2.75, 3.05) is 18.5 Å². The summed E-state index contributed by atoms with van der Waals surface area (Å²) >= 11 is 0. The molecule has 0 saturated carbocycles. The largest absolute Gasteiger partial charge is 0.385 e. The first-order valence-electron chi connectivity index (χ1n) is 9.39. The van der Waals surface area contributed by atoms with Gasteiger partial charge in [0.15, 0.2) is 0 Å². The zero-order valence-electron chi connectivity index (χ0n) is 15.4. The van der Waals surface area contributed by atoms with E-state index in [9.17, 15) is 0 Å². The summed E-state index contributed by atoms with van der Waals surface area (Å²) in [5, 5.41) is 3.54. The fourth-order valence-corrected chi connectivity index (χ4v) is 4.05. The molecule has 0 spiro atoms. The topological polar surface area (TPSA) is 21.3 Å². The van der Waals surface area contributed by atoms with Gasteiger partial charge in [0.1, 0.15) is 0 Å². The third-order valence-electron chi connectivity index (χ3n) is 5.35. The molecule has 2 nitrogen and oxygen atoms in total. The van der Waals surface area contributed by atoms with Crippen molar-refractivity contribution in [1.29, 1.82) is 0 Å². The molecule has 1 heterocycles. The molecule has 3 aromatic carbocycles. The number of anilines is 1. The first-order valence-corrected chi connectivity index (χ1v) is 9.39. The highest BCUT2D eigenvalue weighted by atomic mass is 35.5. The Kier molecular flexibility index (Phi) is 6.54. The standard InChI is InChI=1S/C24H25NO.ClH/c1-3-11-21(12-4-1)24(16-9-17-25-22-13-5-2-6-14-22)19-26-18-20-10-7-8-15-23(20)24;/h1-8,10-15,25H,9,16-19H2;1H. The van der Waals surface area contributed by atoms with E-state index in [1.807, 2.05) is 6.07 Å². The number of fused-ring (bicyclic) bond motifs is 1. The molecule has 3 aromatic rings. The van der Waals surface area contributed by atoms with Crippen LogP contribution in [0.4, 0.5) is 5.69 Å². The third kappa shape index (κ3) is 4.18. The van der Waals surface area contributed by atoms with Gasteiger partial charge in [0.05, 0.1) is 13.2 Å². The minimum atomic E-state index is -0.0610. The van der Waals surface area contributed by atoms with Crippen molar-refractivity contribution in [2.45, 2.75) is 24.9 Å². The number of para-hydroxylation sites is 1. The van der Waals surface area contributed by atoms with Gasteiger partial charge in [0.25, 0.3) is 0 Å². The quantitative estimate of drug-likeness (QED) is 0.545. The van der Waals surface area contributed by atoms with Crippen molar-refractivity contribution in [3.05, 3.63) is 102 Å². The van der Waals surface area contributed by atoms with E-state index in [1.54, 1.807) is 0 Å². The van der Waals surface area contributed by atoms with Crippen LogP contribution in [0, 0.1) is 0 Å². The molecule has 1 aliphatic heterocycles. The van der Waals surface area contributed by atoms with Crippen LogP contribution in [0.3, 0.4) is 0 Å². The lowest BCUT2D eigenvalue weighted by Gasteiger charge is -2.40. The number of benzene rings is 3. The highest BCUT2D eigenvalue weighted by Crippen LogP contribution is 2.41. The predicted molar refractivity (Wildman–Crippen MR) is 115 cm³/mol. The number of ether oxygens (including phenoxy) is 1. The van der Waals surface area contributed by atoms with Gasteiger partial charge in [0, 0.05) is 17.6 Å².